The van der Waals surface area contributed by atoms with Crippen molar-refractivity contribution in [2.45, 2.75) is 33.3 Å². The molecular weight excluding hydrogens is 260 g/mol. The Hall–Kier alpha value is -1.95. The number of hydrogen-bond acceptors (Lipinski definition) is 4. The van der Waals surface area contributed by atoms with Crippen LogP contribution in [0.4, 0.5) is 5.69 Å². The first-order valence-corrected chi connectivity index (χ1v) is 6.41. The zero-order valence-corrected chi connectivity index (χ0v) is 12.1. The molecular formula is C14H20N2O4. The maximum atomic E-state index is 12.0. The molecule has 0 aliphatic carbocycles. The van der Waals surface area contributed by atoms with Crippen LogP contribution in [0, 0.1) is 23.0 Å². The van der Waals surface area contributed by atoms with E-state index in [0.717, 1.165) is 0 Å². The van der Waals surface area contributed by atoms with Gasteiger partial charge in [-0.05, 0) is 31.4 Å². The summed E-state index contributed by atoms with van der Waals surface area (Å²) in [5.41, 5.74) is -0.145. The standard InChI is InChI=1S/C14H20N2O4/c1-9(2)14(4,18)8-15-13(17)12-6-5-11(16(19)20)7-10(12)3/h5-7,9,18H,8H2,1-4H3,(H,15,17). The maximum Gasteiger partial charge on any atom is 0.269 e. The molecule has 0 spiro atoms. The molecule has 2 N–H and O–H groups in total. The Bertz CT molecular complexity index is 524. The smallest absolute Gasteiger partial charge is 0.269 e. The SMILES string of the molecule is Cc1cc([N+](=O)[O-])ccc1C(=O)NCC(C)(O)C(C)C. The highest BCUT2D eigenvalue weighted by atomic mass is 16.6. The second-order valence-electron chi connectivity index (χ2n) is 5.45. The molecule has 110 valence electrons. The number of hydrogen-bond donors (Lipinski definition) is 2. The minimum absolute atomic E-state index is 0.000702. The molecule has 1 rings (SSSR count). The van der Waals surface area contributed by atoms with Gasteiger partial charge in [0.05, 0.1) is 10.5 Å². The maximum absolute atomic E-state index is 12.0. The molecule has 20 heavy (non-hydrogen) atoms. The molecule has 1 unspecified atom stereocenters. The molecule has 0 aliphatic heterocycles. The summed E-state index contributed by atoms with van der Waals surface area (Å²) in [6.45, 7) is 7.15. The third-order valence-electron chi connectivity index (χ3n) is 3.52. The van der Waals surface area contributed by atoms with Gasteiger partial charge < -0.3 is 10.4 Å². The van der Waals surface area contributed by atoms with Crippen molar-refractivity contribution in [2.24, 2.45) is 5.92 Å². The van der Waals surface area contributed by atoms with Gasteiger partial charge in [-0.25, -0.2) is 0 Å². The molecule has 0 radical (unpaired) electrons. The van der Waals surface area contributed by atoms with E-state index in [1.54, 1.807) is 13.8 Å². The average Bonchev–Trinajstić information content (AvgIpc) is 2.35. The van der Waals surface area contributed by atoms with Crippen LogP contribution in [0.2, 0.25) is 0 Å². The number of aryl methyl sites for hydroxylation is 1. The van der Waals surface area contributed by atoms with Crippen molar-refractivity contribution < 1.29 is 14.8 Å². The van der Waals surface area contributed by atoms with Crippen LogP contribution in [-0.4, -0.2) is 28.1 Å². The lowest BCUT2D eigenvalue weighted by atomic mass is 9.92. The predicted molar refractivity (Wildman–Crippen MR) is 75.6 cm³/mol. The van der Waals surface area contributed by atoms with Gasteiger partial charge in [0.1, 0.15) is 0 Å². The normalized spacial score (nSPS) is 13.9. The number of amides is 1. The summed E-state index contributed by atoms with van der Waals surface area (Å²) in [4.78, 5) is 22.2. The van der Waals surface area contributed by atoms with E-state index in [9.17, 15) is 20.0 Å². The van der Waals surface area contributed by atoms with Gasteiger partial charge in [0, 0.05) is 24.2 Å². The molecule has 0 bridgehead atoms. The van der Waals surface area contributed by atoms with Gasteiger partial charge in [0.2, 0.25) is 0 Å². The summed E-state index contributed by atoms with van der Waals surface area (Å²) >= 11 is 0. The minimum Gasteiger partial charge on any atom is -0.388 e. The molecule has 1 amide bonds. The Labute approximate surface area is 118 Å². The number of nitrogens with zero attached hydrogens (tertiary/aromatic N) is 1. The molecule has 1 aromatic rings. The highest BCUT2D eigenvalue weighted by Gasteiger charge is 2.25. The van der Waals surface area contributed by atoms with Crippen LogP contribution in [0.15, 0.2) is 18.2 Å². The summed E-state index contributed by atoms with van der Waals surface area (Å²) in [6.07, 6.45) is 0. The van der Waals surface area contributed by atoms with E-state index < -0.39 is 10.5 Å². The number of nitro groups is 1. The van der Waals surface area contributed by atoms with Gasteiger partial charge in [-0.3, -0.25) is 14.9 Å². The minimum atomic E-state index is -0.996. The fraction of sp³-hybridized carbons (Fsp3) is 0.500. The Kier molecular flexibility index (Phi) is 4.83. The molecule has 6 heteroatoms. The Morgan fingerprint density at radius 3 is 2.55 bits per heavy atom. The number of non-ortho nitro benzene ring substituents is 1. The first-order valence-electron chi connectivity index (χ1n) is 6.41. The average molecular weight is 280 g/mol. The number of nitro benzene ring substituents is 1. The lowest BCUT2D eigenvalue weighted by Gasteiger charge is -2.27. The molecule has 0 saturated carbocycles. The number of benzene rings is 1. The van der Waals surface area contributed by atoms with Crippen molar-refractivity contribution in [2.75, 3.05) is 6.54 Å². The van der Waals surface area contributed by atoms with Crippen LogP contribution in [0.5, 0.6) is 0 Å². The highest BCUT2D eigenvalue weighted by Crippen LogP contribution is 2.18. The number of rotatable bonds is 5. The molecule has 0 fully saturated rings. The second-order valence-corrected chi connectivity index (χ2v) is 5.45. The Morgan fingerprint density at radius 1 is 1.50 bits per heavy atom. The van der Waals surface area contributed by atoms with Gasteiger partial charge in [-0.15, -0.1) is 0 Å². The zero-order chi connectivity index (χ0) is 15.5. The molecule has 1 aromatic carbocycles. The van der Waals surface area contributed by atoms with Gasteiger partial charge in [0.15, 0.2) is 0 Å². The van der Waals surface area contributed by atoms with E-state index in [1.165, 1.54) is 18.2 Å². The fourth-order valence-electron chi connectivity index (χ4n) is 1.57. The van der Waals surface area contributed by atoms with Gasteiger partial charge in [0.25, 0.3) is 11.6 Å². The Morgan fingerprint density at radius 2 is 2.10 bits per heavy atom. The highest BCUT2D eigenvalue weighted by molar-refractivity contribution is 5.95. The van der Waals surface area contributed by atoms with Crippen molar-refractivity contribution in [3.8, 4) is 0 Å². The molecule has 6 nitrogen and oxygen atoms in total. The predicted octanol–water partition coefficient (Wildman–Crippen LogP) is 2.04. The molecule has 0 aromatic heterocycles. The topological polar surface area (TPSA) is 92.5 Å². The third kappa shape index (κ3) is 3.77. The summed E-state index contributed by atoms with van der Waals surface area (Å²) in [5.74, 6) is -0.348. The van der Waals surface area contributed by atoms with Crippen LogP contribution in [-0.2, 0) is 0 Å². The van der Waals surface area contributed by atoms with Crippen LogP contribution >= 0.6 is 0 Å². The van der Waals surface area contributed by atoms with Crippen molar-refractivity contribution in [3.05, 3.63) is 39.4 Å². The summed E-state index contributed by atoms with van der Waals surface area (Å²) in [5, 5.41) is 23.4. The van der Waals surface area contributed by atoms with E-state index in [4.69, 9.17) is 0 Å². The number of carbonyl (C=O) groups is 1. The third-order valence-corrected chi connectivity index (χ3v) is 3.52. The lowest BCUT2D eigenvalue weighted by molar-refractivity contribution is -0.384. The van der Waals surface area contributed by atoms with Gasteiger partial charge in [-0.2, -0.15) is 0 Å². The molecule has 0 heterocycles. The van der Waals surface area contributed by atoms with E-state index in [-0.39, 0.29) is 24.1 Å². The quantitative estimate of drug-likeness (QED) is 0.637. The molecule has 1 atom stereocenters. The zero-order valence-electron chi connectivity index (χ0n) is 12.1. The fourth-order valence-corrected chi connectivity index (χ4v) is 1.57. The molecule has 0 aliphatic rings. The second kappa shape index (κ2) is 6.00. The van der Waals surface area contributed by atoms with E-state index in [2.05, 4.69) is 5.32 Å². The van der Waals surface area contributed by atoms with Gasteiger partial charge >= 0.3 is 0 Å². The molecule has 0 saturated heterocycles. The lowest BCUT2D eigenvalue weighted by Crippen LogP contribution is -2.44. The van der Waals surface area contributed by atoms with E-state index >= 15 is 0 Å². The van der Waals surface area contributed by atoms with Crippen LogP contribution in [0.1, 0.15) is 36.7 Å². The largest absolute Gasteiger partial charge is 0.388 e. The first kappa shape index (κ1) is 16.1. The van der Waals surface area contributed by atoms with E-state index in [0.29, 0.717) is 11.1 Å². The number of carbonyl (C=O) groups excluding carboxylic acids is 1. The Balaban J connectivity index is 2.81. The van der Waals surface area contributed by atoms with Crippen LogP contribution < -0.4 is 5.32 Å². The van der Waals surface area contributed by atoms with Crippen LogP contribution in [0.25, 0.3) is 0 Å². The van der Waals surface area contributed by atoms with Crippen molar-refractivity contribution in [1.29, 1.82) is 0 Å². The monoisotopic (exact) mass is 280 g/mol. The first-order chi connectivity index (χ1) is 9.15. The number of aliphatic hydroxyl groups is 1. The summed E-state index contributed by atoms with van der Waals surface area (Å²) in [6, 6.07) is 4.07. The van der Waals surface area contributed by atoms with Crippen molar-refractivity contribution >= 4 is 11.6 Å². The number of nitrogens with one attached hydrogen (secondary N) is 1. The summed E-state index contributed by atoms with van der Waals surface area (Å²) in [7, 11) is 0. The summed E-state index contributed by atoms with van der Waals surface area (Å²) < 4.78 is 0. The van der Waals surface area contributed by atoms with Gasteiger partial charge in [-0.1, -0.05) is 13.8 Å². The van der Waals surface area contributed by atoms with Crippen molar-refractivity contribution in [3.63, 3.8) is 0 Å². The van der Waals surface area contributed by atoms with Crippen molar-refractivity contribution in [1.82, 2.24) is 5.32 Å². The van der Waals surface area contributed by atoms with E-state index in [1.807, 2.05) is 13.8 Å². The van der Waals surface area contributed by atoms with Crippen LogP contribution in [0.3, 0.4) is 0 Å².